The summed E-state index contributed by atoms with van der Waals surface area (Å²) < 4.78 is 0. The van der Waals surface area contributed by atoms with Gasteiger partial charge in [-0.15, -0.1) is 0 Å². The zero-order valence-corrected chi connectivity index (χ0v) is 11.0. The van der Waals surface area contributed by atoms with Gasteiger partial charge in [-0.2, -0.15) is 5.26 Å². The quantitative estimate of drug-likeness (QED) is 0.838. The number of aromatic nitrogens is 1. The third-order valence-corrected chi connectivity index (χ3v) is 2.25. The summed E-state index contributed by atoms with van der Waals surface area (Å²) in [5.41, 5.74) is 1.37. The van der Waals surface area contributed by atoms with Crippen molar-refractivity contribution in [1.29, 1.82) is 5.26 Å². The topological polar surface area (TPSA) is 69.0 Å². The van der Waals surface area contributed by atoms with Crippen LogP contribution in [0.2, 0.25) is 0 Å². The SMILES string of the molecule is CC(C)NC(=O)CN(C)Cc1ccnc(C#N)c1. The number of likely N-dealkylation sites (N-methyl/N-ethyl adjacent to an activating group) is 1. The Labute approximate surface area is 107 Å². The summed E-state index contributed by atoms with van der Waals surface area (Å²) in [7, 11) is 1.87. The maximum Gasteiger partial charge on any atom is 0.234 e. The van der Waals surface area contributed by atoms with Crippen molar-refractivity contribution >= 4 is 5.91 Å². The molecule has 0 spiro atoms. The molecule has 1 aromatic heterocycles. The van der Waals surface area contributed by atoms with E-state index in [2.05, 4.69) is 10.3 Å². The Morgan fingerprint density at radius 3 is 2.94 bits per heavy atom. The molecule has 0 atom stereocenters. The largest absolute Gasteiger partial charge is 0.353 e. The van der Waals surface area contributed by atoms with Crippen LogP contribution in [0.3, 0.4) is 0 Å². The molecule has 1 amide bonds. The molecule has 0 bridgehead atoms. The molecule has 1 N–H and O–H groups in total. The number of carbonyl (C=O) groups is 1. The number of nitriles is 1. The van der Waals surface area contributed by atoms with E-state index in [-0.39, 0.29) is 11.9 Å². The maximum atomic E-state index is 11.6. The predicted molar refractivity (Wildman–Crippen MR) is 68.6 cm³/mol. The Morgan fingerprint density at radius 2 is 2.33 bits per heavy atom. The summed E-state index contributed by atoms with van der Waals surface area (Å²) in [5.74, 6) is 0.00191. The standard InChI is InChI=1S/C13H18N4O/c1-10(2)16-13(18)9-17(3)8-11-4-5-15-12(6-11)7-14/h4-6,10H,8-9H2,1-3H3,(H,16,18). The first kappa shape index (κ1) is 14.1. The van der Waals surface area contributed by atoms with Crippen molar-refractivity contribution in [3.05, 3.63) is 29.6 Å². The van der Waals surface area contributed by atoms with Gasteiger partial charge >= 0.3 is 0 Å². The van der Waals surface area contributed by atoms with Gasteiger partial charge in [0, 0.05) is 18.8 Å². The molecule has 0 saturated carbocycles. The molecular formula is C13H18N4O. The molecule has 96 valence electrons. The highest BCUT2D eigenvalue weighted by molar-refractivity contribution is 5.78. The molecule has 1 aromatic rings. The Morgan fingerprint density at radius 1 is 1.61 bits per heavy atom. The molecule has 1 heterocycles. The smallest absolute Gasteiger partial charge is 0.234 e. The van der Waals surface area contributed by atoms with Crippen LogP contribution in [0.25, 0.3) is 0 Å². The van der Waals surface area contributed by atoms with Gasteiger partial charge in [0.15, 0.2) is 0 Å². The van der Waals surface area contributed by atoms with E-state index in [1.165, 1.54) is 0 Å². The minimum atomic E-state index is 0.00191. The number of amides is 1. The molecule has 5 heteroatoms. The van der Waals surface area contributed by atoms with Crippen LogP contribution in [0.5, 0.6) is 0 Å². The van der Waals surface area contributed by atoms with Crippen LogP contribution in [0.4, 0.5) is 0 Å². The lowest BCUT2D eigenvalue weighted by molar-refractivity contribution is -0.122. The summed E-state index contributed by atoms with van der Waals surface area (Å²) >= 11 is 0. The van der Waals surface area contributed by atoms with Crippen LogP contribution < -0.4 is 5.32 Å². The Bertz CT molecular complexity index is 451. The summed E-state index contributed by atoms with van der Waals surface area (Å²) in [6, 6.07) is 5.73. The Hall–Kier alpha value is -1.93. The van der Waals surface area contributed by atoms with Gasteiger partial charge in [0.05, 0.1) is 6.54 Å². The number of hydrogen-bond acceptors (Lipinski definition) is 4. The van der Waals surface area contributed by atoms with Gasteiger partial charge in [-0.1, -0.05) is 0 Å². The summed E-state index contributed by atoms with van der Waals surface area (Å²) in [6.45, 7) is 4.81. The second-order valence-electron chi connectivity index (χ2n) is 4.56. The number of rotatable bonds is 5. The Balaban J connectivity index is 2.51. The zero-order chi connectivity index (χ0) is 13.5. The molecule has 0 unspecified atom stereocenters. The second kappa shape index (κ2) is 6.72. The molecule has 18 heavy (non-hydrogen) atoms. The van der Waals surface area contributed by atoms with E-state index in [1.807, 2.05) is 37.9 Å². The second-order valence-corrected chi connectivity index (χ2v) is 4.56. The van der Waals surface area contributed by atoms with Gasteiger partial charge in [-0.05, 0) is 38.6 Å². The third kappa shape index (κ3) is 4.93. The molecule has 0 fully saturated rings. The van der Waals surface area contributed by atoms with E-state index in [4.69, 9.17) is 5.26 Å². The lowest BCUT2D eigenvalue weighted by Crippen LogP contribution is -2.38. The van der Waals surface area contributed by atoms with Crippen LogP contribution >= 0.6 is 0 Å². The number of nitrogens with one attached hydrogen (secondary N) is 1. The molecule has 0 aliphatic rings. The van der Waals surface area contributed by atoms with Crippen LogP contribution in [0.1, 0.15) is 25.1 Å². The van der Waals surface area contributed by atoms with E-state index >= 15 is 0 Å². The van der Waals surface area contributed by atoms with Gasteiger partial charge in [0.25, 0.3) is 0 Å². The number of nitrogens with zero attached hydrogens (tertiary/aromatic N) is 3. The molecule has 0 aliphatic carbocycles. The lowest BCUT2D eigenvalue weighted by atomic mass is 10.2. The van der Waals surface area contributed by atoms with Crippen LogP contribution in [0.15, 0.2) is 18.3 Å². The molecule has 1 rings (SSSR count). The van der Waals surface area contributed by atoms with Crippen molar-refractivity contribution in [3.8, 4) is 6.07 Å². The van der Waals surface area contributed by atoms with E-state index in [1.54, 1.807) is 12.3 Å². The van der Waals surface area contributed by atoms with E-state index in [0.717, 1.165) is 5.56 Å². The molecular weight excluding hydrogens is 228 g/mol. The van der Waals surface area contributed by atoms with Gasteiger partial charge < -0.3 is 5.32 Å². The summed E-state index contributed by atoms with van der Waals surface area (Å²) in [6.07, 6.45) is 1.61. The van der Waals surface area contributed by atoms with E-state index in [9.17, 15) is 4.79 Å². The maximum absolute atomic E-state index is 11.6. The molecule has 0 saturated heterocycles. The Kier molecular flexibility index (Phi) is 5.28. The fourth-order valence-electron chi connectivity index (χ4n) is 1.61. The van der Waals surface area contributed by atoms with Crippen LogP contribution in [-0.4, -0.2) is 35.4 Å². The number of hydrogen-bond donors (Lipinski definition) is 1. The van der Waals surface area contributed by atoms with Crippen molar-refractivity contribution < 1.29 is 4.79 Å². The minimum absolute atomic E-state index is 0.00191. The molecule has 5 nitrogen and oxygen atoms in total. The normalized spacial score (nSPS) is 10.4. The average Bonchev–Trinajstić information content (AvgIpc) is 2.27. The monoisotopic (exact) mass is 246 g/mol. The summed E-state index contributed by atoms with van der Waals surface area (Å²) in [5, 5.41) is 11.6. The number of carbonyl (C=O) groups excluding carboxylic acids is 1. The van der Waals surface area contributed by atoms with E-state index < -0.39 is 0 Å². The highest BCUT2D eigenvalue weighted by Gasteiger charge is 2.08. The molecule has 0 radical (unpaired) electrons. The van der Waals surface area contributed by atoms with Gasteiger partial charge in [0.1, 0.15) is 11.8 Å². The van der Waals surface area contributed by atoms with Crippen molar-refractivity contribution in [1.82, 2.24) is 15.2 Å². The highest BCUT2D eigenvalue weighted by atomic mass is 16.2. The van der Waals surface area contributed by atoms with Crippen LogP contribution in [-0.2, 0) is 11.3 Å². The van der Waals surface area contributed by atoms with Gasteiger partial charge in [0.2, 0.25) is 5.91 Å². The lowest BCUT2D eigenvalue weighted by Gasteiger charge is -2.17. The first-order chi connectivity index (χ1) is 8.51. The van der Waals surface area contributed by atoms with Crippen molar-refractivity contribution in [2.24, 2.45) is 0 Å². The van der Waals surface area contributed by atoms with E-state index in [0.29, 0.717) is 18.8 Å². The third-order valence-electron chi connectivity index (χ3n) is 2.25. The van der Waals surface area contributed by atoms with Crippen LogP contribution in [0, 0.1) is 11.3 Å². The predicted octanol–water partition coefficient (Wildman–Crippen LogP) is 0.910. The molecule has 0 aliphatic heterocycles. The van der Waals surface area contributed by atoms with Gasteiger partial charge in [-0.25, -0.2) is 4.98 Å². The fourth-order valence-corrected chi connectivity index (χ4v) is 1.61. The minimum Gasteiger partial charge on any atom is -0.353 e. The molecule has 0 aromatic carbocycles. The zero-order valence-electron chi connectivity index (χ0n) is 11.0. The fraction of sp³-hybridized carbons (Fsp3) is 0.462. The number of pyridine rings is 1. The summed E-state index contributed by atoms with van der Waals surface area (Å²) in [4.78, 5) is 17.4. The first-order valence-electron chi connectivity index (χ1n) is 5.84. The highest BCUT2D eigenvalue weighted by Crippen LogP contribution is 2.04. The average molecular weight is 246 g/mol. The van der Waals surface area contributed by atoms with Crippen molar-refractivity contribution in [2.45, 2.75) is 26.4 Å². The van der Waals surface area contributed by atoms with Gasteiger partial charge in [-0.3, -0.25) is 9.69 Å². The van der Waals surface area contributed by atoms with Crippen molar-refractivity contribution in [2.75, 3.05) is 13.6 Å². The first-order valence-corrected chi connectivity index (χ1v) is 5.84. The van der Waals surface area contributed by atoms with Crippen molar-refractivity contribution in [3.63, 3.8) is 0 Å².